The van der Waals surface area contributed by atoms with Crippen molar-refractivity contribution in [2.75, 3.05) is 47.5 Å². The summed E-state index contributed by atoms with van der Waals surface area (Å²) >= 11 is 0. The molecule has 462 valence electrons. The summed E-state index contributed by atoms with van der Waals surface area (Å²) in [4.78, 5) is 38.0. The normalized spacial score (nSPS) is 13.3. The lowest BCUT2D eigenvalue weighted by Gasteiger charge is -2.28. The molecule has 0 N–H and O–H groups in total. The fourth-order valence-electron chi connectivity index (χ4n) is 10.2. The number of unbranched alkanes of at least 4 members (excludes halogenated alkanes) is 46. The van der Waals surface area contributed by atoms with Gasteiger partial charge in [0.2, 0.25) is 0 Å². The molecule has 0 rings (SSSR count). The van der Waals surface area contributed by atoms with E-state index in [0.29, 0.717) is 17.4 Å². The van der Waals surface area contributed by atoms with E-state index in [1.165, 1.54) is 263 Å². The second-order valence-corrected chi connectivity index (χ2v) is 26.0. The Balaban J connectivity index is 3.93. The number of hydrogen-bond donors (Lipinski definition) is 0. The van der Waals surface area contributed by atoms with Crippen LogP contribution < -0.4 is 4.89 Å². The molecule has 0 aromatic carbocycles. The van der Waals surface area contributed by atoms with Gasteiger partial charge in [0.15, 0.2) is 6.10 Å². The zero-order valence-electron chi connectivity index (χ0n) is 52.6. The first-order valence-electron chi connectivity index (χ1n) is 34.0. The lowest BCUT2D eigenvalue weighted by atomic mass is 10.0. The van der Waals surface area contributed by atoms with E-state index in [1.807, 2.05) is 21.1 Å². The number of phosphoric ester groups is 1. The number of carbonyl (C=O) groups is 2. The Morgan fingerprint density at radius 2 is 0.692 bits per heavy atom. The topological polar surface area (TPSA) is 111 Å². The summed E-state index contributed by atoms with van der Waals surface area (Å²) in [6, 6.07) is 0. The highest BCUT2D eigenvalue weighted by Crippen LogP contribution is 2.38. The van der Waals surface area contributed by atoms with Crippen molar-refractivity contribution >= 4 is 19.8 Å². The van der Waals surface area contributed by atoms with Crippen molar-refractivity contribution in [3.63, 3.8) is 0 Å². The van der Waals surface area contributed by atoms with Gasteiger partial charge >= 0.3 is 11.9 Å². The molecule has 10 heteroatoms. The SMILES string of the molecule is CCCCC/C=C\C/C=C\CCCCCCCCCCCC(=O)OC(COC(=O)CCCCCCCCCCCCCCCCCCCCCCCCCCCCCCCCCCCCC)COP(=O)([O-])OCC[N+](C)(C)C. The lowest BCUT2D eigenvalue weighted by molar-refractivity contribution is -0.870. The van der Waals surface area contributed by atoms with E-state index in [4.69, 9.17) is 18.5 Å². The zero-order valence-corrected chi connectivity index (χ0v) is 53.5. The second kappa shape index (κ2) is 60.1. The first kappa shape index (κ1) is 76.5. The average molecular weight is 1120 g/mol. The number of esters is 2. The van der Waals surface area contributed by atoms with Crippen LogP contribution >= 0.6 is 7.82 Å². The summed E-state index contributed by atoms with van der Waals surface area (Å²) in [5, 5.41) is 0. The minimum absolute atomic E-state index is 0.0291. The Kier molecular flexibility index (Phi) is 58.9. The van der Waals surface area contributed by atoms with Crippen molar-refractivity contribution in [3.8, 4) is 0 Å². The summed E-state index contributed by atoms with van der Waals surface area (Å²) in [6.07, 6.45) is 74.1. The van der Waals surface area contributed by atoms with Gasteiger partial charge in [-0.2, -0.15) is 0 Å². The van der Waals surface area contributed by atoms with Crippen LogP contribution in [-0.4, -0.2) is 70.0 Å². The van der Waals surface area contributed by atoms with Crippen LogP contribution in [0.5, 0.6) is 0 Å². The van der Waals surface area contributed by atoms with Gasteiger partial charge in [-0.15, -0.1) is 0 Å². The van der Waals surface area contributed by atoms with E-state index in [9.17, 15) is 19.0 Å². The van der Waals surface area contributed by atoms with E-state index in [0.717, 1.165) is 51.4 Å². The smallest absolute Gasteiger partial charge is 0.306 e. The zero-order chi connectivity index (χ0) is 57.0. The first-order valence-corrected chi connectivity index (χ1v) is 35.5. The number of carbonyl (C=O) groups excluding carboxylic acids is 2. The van der Waals surface area contributed by atoms with Gasteiger partial charge in [0.05, 0.1) is 27.7 Å². The standard InChI is InChI=1S/C68H132NO8P/c1-6-8-10-12-14-16-18-20-22-24-26-27-28-29-30-31-32-33-34-35-36-37-38-39-40-41-43-44-46-48-50-52-54-56-58-60-67(70)74-64-66(65-76-78(72,73)75-63-62-69(3,4)5)77-68(71)61-59-57-55-53-51-49-47-45-42-25-23-21-19-17-15-13-11-9-7-2/h15,17,21,23,66H,6-14,16,18-20,22,24-65H2,1-5H3/b17-15-,23-21-. The fourth-order valence-corrected chi connectivity index (χ4v) is 10.9. The predicted molar refractivity (Wildman–Crippen MR) is 333 cm³/mol. The summed E-state index contributed by atoms with van der Waals surface area (Å²) < 4.78 is 34.3. The summed E-state index contributed by atoms with van der Waals surface area (Å²) in [7, 11) is 1.18. The summed E-state index contributed by atoms with van der Waals surface area (Å²) in [5.41, 5.74) is 0. The number of nitrogens with zero attached hydrogens (tertiary/aromatic N) is 1. The molecule has 0 aromatic heterocycles. The molecule has 0 spiro atoms. The molecule has 78 heavy (non-hydrogen) atoms. The number of quaternary nitrogens is 1. The molecule has 0 aliphatic carbocycles. The highest BCUT2D eigenvalue weighted by atomic mass is 31.2. The lowest BCUT2D eigenvalue weighted by Crippen LogP contribution is -2.37. The monoisotopic (exact) mass is 1120 g/mol. The maximum atomic E-state index is 12.8. The van der Waals surface area contributed by atoms with E-state index < -0.39 is 26.5 Å². The molecule has 0 saturated carbocycles. The average Bonchev–Trinajstić information content (AvgIpc) is 3.41. The highest BCUT2D eigenvalue weighted by molar-refractivity contribution is 7.45. The summed E-state index contributed by atoms with van der Waals surface area (Å²) in [6.45, 7) is 4.27. The molecule has 0 radical (unpaired) electrons. The third-order valence-corrected chi connectivity index (χ3v) is 16.4. The minimum atomic E-state index is -4.64. The molecule has 0 bridgehead atoms. The van der Waals surface area contributed by atoms with Crippen LogP contribution in [-0.2, 0) is 32.7 Å². The van der Waals surface area contributed by atoms with Crippen molar-refractivity contribution in [2.45, 2.75) is 354 Å². The van der Waals surface area contributed by atoms with Crippen molar-refractivity contribution in [1.82, 2.24) is 0 Å². The number of hydrogen-bond acceptors (Lipinski definition) is 8. The number of phosphoric acid groups is 1. The third kappa shape index (κ3) is 63.7. The van der Waals surface area contributed by atoms with Crippen LogP contribution in [0, 0.1) is 0 Å². The van der Waals surface area contributed by atoms with Gasteiger partial charge in [-0.1, -0.05) is 314 Å². The first-order chi connectivity index (χ1) is 38.0. The van der Waals surface area contributed by atoms with Crippen LogP contribution in [0.15, 0.2) is 24.3 Å². The Morgan fingerprint density at radius 1 is 0.397 bits per heavy atom. The molecule has 0 aromatic rings. The molecule has 0 amide bonds. The number of likely N-dealkylation sites (N-methyl/N-ethyl adjacent to an activating group) is 1. The van der Waals surface area contributed by atoms with Gasteiger partial charge in [0.1, 0.15) is 19.8 Å². The van der Waals surface area contributed by atoms with Gasteiger partial charge in [0.25, 0.3) is 7.82 Å². The molecule has 2 unspecified atom stereocenters. The summed E-state index contributed by atoms with van der Waals surface area (Å²) in [5.74, 6) is -0.820. The largest absolute Gasteiger partial charge is 0.756 e. The van der Waals surface area contributed by atoms with Crippen LogP contribution in [0.2, 0.25) is 0 Å². The van der Waals surface area contributed by atoms with Gasteiger partial charge in [0, 0.05) is 12.8 Å². The molecule has 0 fully saturated rings. The van der Waals surface area contributed by atoms with E-state index in [-0.39, 0.29) is 32.0 Å². The fraction of sp³-hybridized carbons (Fsp3) is 0.912. The molecule has 0 saturated heterocycles. The predicted octanol–water partition coefficient (Wildman–Crippen LogP) is 21.1. The van der Waals surface area contributed by atoms with E-state index in [1.54, 1.807) is 0 Å². The van der Waals surface area contributed by atoms with E-state index >= 15 is 0 Å². The Bertz CT molecular complexity index is 1370. The molecule has 0 aliphatic heterocycles. The molecular weight excluding hydrogens is 990 g/mol. The van der Waals surface area contributed by atoms with Crippen molar-refractivity contribution in [3.05, 3.63) is 24.3 Å². The molecule has 0 aliphatic rings. The molecule has 2 atom stereocenters. The Labute approximate surface area is 485 Å². The van der Waals surface area contributed by atoms with Crippen molar-refractivity contribution in [2.24, 2.45) is 0 Å². The van der Waals surface area contributed by atoms with Crippen LogP contribution in [0.4, 0.5) is 0 Å². The van der Waals surface area contributed by atoms with Gasteiger partial charge in [-0.3, -0.25) is 14.2 Å². The molecular formula is C68H132NO8P. The number of ether oxygens (including phenoxy) is 2. The van der Waals surface area contributed by atoms with Crippen LogP contribution in [0.25, 0.3) is 0 Å². The van der Waals surface area contributed by atoms with Crippen LogP contribution in [0.1, 0.15) is 348 Å². The minimum Gasteiger partial charge on any atom is -0.756 e. The van der Waals surface area contributed by atoms with Crippen molar-refractivity contribution < 1.29 is 42.1 Å². The van der Waals surface area contributed by atoms with Gasteiger partial charge < -0.3 is 27.9 Å². The van der Waals surface area contributed by atoms with Crippen molar-refractivity contribution in [1.29, 1.82) is 0 Å². The van der Waals surface area contributed by atoms with E-state index in [2.05, 4.69) is 38.2 Å². The quantitative estimate of drug-likeness (QED) is 0.0195. The Hall–Kier alpha value is -1.51. The molecule has 9 nitrogen and oxygen atoms in total. The van der Waals surface area contributed by atoms with Gasteiger partial charge in [-0.05, 0) is 44.9 Å². The molecule has 0 heterocycles. The number of allylic oxidation sites excluding steroid dienone is 4. The maximum absolute atomic E-state index is 12.8. The van der Waals surface area contributed by atoms with Crippen LogP contribution in [0.3, 0.4) is 0 Å². The number of rotatable bonds is 64. The second-order valence-electron chi connectivity index (χ2n) is 24.6. The third-order valence-electron chi connectivity index (χ3n) is 15.5. The maximum Gasteiger partial charge on any atom is 0.306 e. The highest BCUT2D eigenvalue weighted by Gasteiger charge is 2.22. The Morgan fingerprint density at radius 3 is 1.04 bits per heavy atom. The van der Waals surface area contributed by atoms with Gasteiger partial charge in [-0.25, -0.2) is 0 Å².